The lowest BCUT2D eigenvalue weighted by atomic mass is 9.69. The number of hydrogen-bond donors (Lipinski definition) is 2. The van der Waals surface area contributed by atoms with Gasteiger partial charge in [-0.15, -0.1) is 0 Å². The zero-order valence-electron chi connectivity index (χ0n) is 11.9. The van der Waals surface area contributed by atoms with Gasteiger partial charge < -0.3 is 15.2 Å². The fraction of sp³-hybridized carbons (Fsp3) is 0.786. The van der Waals surface area contributed by atoms with Crippen molar-refractivity contribution in [2.45, 2.75) is 51.9 Å². The van der Waals surface area contributed by atoms with Gasteiger partial charge >= 0.3 is 11.9 Å². The third kappa shape index (κ3) is 5.59. The van der Waals surface area contributed by atoms with Crippen LogP contribution in [0.25, 0.3) is 0 Å². The van der Waals surface area contributed by atoms with Crippen molar-refractivity contribution in [2.24, 2.45) is 5.41 Å². The third-order valence-corrected chi connectivity index (χ3v) is 3.71. The van der Waals surface area contributed by atoms with E-state index in [4.69, 9.17) is 9.84 Å². The number of carbonyl (C=O) groups excluding carboxylic acids is 2. The van der Waals surface area contributed by atoms with Crippen molar-refractivity contribution in [1.82, 2.24) is 5.32 Å². The minimum atomic E-state index is -0.870. The lowest BCUT2D eigenvalue weighted by Crippen LogP contribution is -2.37. The topological polar surface area (TPSA) is 92.7 Å². The van der Waals surface area contributed by atoms with Crippen molar-refractivity contribution in [3.8, 4) is 0 Å². The average Bonchev–Trinajstić information content (AvgIpc) is 2.36. The molecule has 0 aromatic rings. The highest BCUT2D eigenvalue weighted by Gasteiger charge is 2.36. The van der Waals surface area contributed by atoms with E-state index >= 15 is 0 Å². The summed E-state index contributed by atoms with van der Waals surface area (Å²) < 4.78 is 4.72. The number of carboxylic acids is 1. The number of ether oxygens (including phenoxy) is 1. The Kier molecular flexibility index (Phi) is 6.48. The van der Waals surface area contributed by atoms with Crippen LogP contribution >= 0.6 is 0 Å². The Morgan fingerprint density at radius 1 is 1.15 bits per heavy atom. The number of aliphatic carboxylic acids is 1. The third-order valence-electron chi connectivity index (χ3n) is 3.71. The molecule has 0 spiro atoms. The maximum Gasteiger partial charge on any atom is 0.325 e. The van der Waals surface area contributed by atoms with E-state index in [1.165, 1.54) is 0 Å². The van der Waals surface area contributed by atoms with Gasteiger partial charge in [-0.1, -0.05) is 19.3 Å². The molecule has 0 radical (unpaired) electrons. The predicted octanol–water partition coefficient (Wildman–Crippen LogP) is 1.48. The molecule has 0 aliphatic heterocycles. The molecule has 6 heteroatoms. The molecule has 1 fully saturated rings. The number of carboxylic acid groups (broad SMARTS) is 1. The highest BCUT2D eigenvalue weighted by molar-refractivity contribution is 5.82. The monoisotopic (exact) mass is 285 g/mol. The van der Waals surface area contributed by atoms with Gasteiger partial charge in [0.15, 0.2) is 0 Å². The van der Waals surface area contributed by atoms with Gasteiger partial charge in [-0.25, -0.2) is 0 Å². The molecular weight excluding hydrogens is 262 g/mol. The molecule has 20 heavy (non-hydrogen) atoms. The van der Waals surface area contributed by atoms with Crippen LogP contribution in [0.1, 0.15) is 51.9 Å². The van der Waals surface area contributed by atoms with Gasteiger partial charge in [-0.3, -0.25) is 14.4 Å². The zero-order valence-corrected chi connectivity index (χ0v) is 11.9. The van der Waals surface area contributed by atoms with E-state index in [-0.39, 0.29) is 31.9 Å². The van der Waals surface area contributed by atoms with Crippen molar-refractivity contribution in [2.75, 3.05) is 13.2 Å². The first kappa shape index (κ1) is 16.5. The molecule has 2 N–H and O–H groups in total. The summed E-state index contributed by atoms with van der Waals surface area (Å²) in [4.78, 5) is 34.1. The van der Waals surface area contributed by atoms with Crippen molar-refractivity contribution in [3.05, 3.63) is 0 Å². The van der Waals surface area contributed by atoms with Crippen LogP contribution in [0.4, 0.5) is 0 Å². The Hall–Kier alpha value is -1.59. The number of nitrogens with one attached hydrogen (secondary N) is 1. The quantitative estimate of drug-likeness (QED) is 0.691. The van der Waals surface area contributed by atoms with Gasteiger partial charge in [0.2, 0.25) is 5.91 Å². The first-order valence-corrected chi connectivity index (χ1v) is 7.11. The van der Waals surface area contributed by atoms with Crippen LogP contribution in [-0.4, -0.2) is 36.1 Å². The second-order valence-electron chi connectivity index (χ2n) is 5.39. The molecule has 0 aromatic heterocycles. The van der Waals surface area contributed by atoms with E-state index < -0.39 is 17.4 Å². The molecule has 0 aromatic carbocycles. The van der Waals surface area contributed by atoms with Crippen LogP contribution in [-0.2, 0) is 19.1 Å². The maximum atomic E-state index is 11.9. The van der Waals surface area contributed by atoms with Crippen molar-refractivity contribution < 1.29 is 24.2 Å². The standard InChI is InChI=1S/C14H23NO5/c1-2-20-13(19)10-15-11(16)8-14(9-12(17)18)6-4-3-5-7-14/h2-10H2,1H3,(H,15,16)(H,17,18). The molecule has 0 saturated heterocycles. The van der Waals surface area contributed by atoms with Crippen molar-refractivity contribution in [1.29, 1.82) is 0 Å². The van der Waals surface area contributed by atoms with E-state index in [0.717, 1.165) is 32.1 Å². The summed E-state index contributed by atoms with van der Waals surface area (Å²) in [5, 5.41) is 11.5. The number of amides is 1. The van der Waals surface area contributed by atoms with E-state index in [0.29, 0.717) is 0 Å². The molecule has 0 unspecified atom stereocenters. The summed E-state index contributed by atoms with van der Waals surface area (Å²) in [5.41, 5.74) is -0.456. The Morgan fingerprint density at radius 2 is 1.80 bits per heavy atom. The number of esters is 1. The number of carbonyl (C=O) groups is 3. The molecule has 1 saturated carbocycles. The number of hydrogen-bond acceptors (Lipinski definition) is 4. The zero-order chi connectivity index (χ0) is 15.0. The first-order valence-electron chi connectivity index (χ1n) is 7.11. The molecule has 1 aliphatic rings. The van der Waals surface area contributed by atoms with E-state index in [9.17, 15) is 14.4 Å². The van der Waals surface area contributed by atoms with E-state index in [1.54, 1.807) is 6.92 Å². The Morgan fingerprint density at radius 3 is 2.35 bits per heavy atom. The Labute approximate surface area is 118 Å². The largest absolute Gasteiger partial charge is 0.481 e. The normalized spacial score (nSPS) is 17.2. The van der Waals surface area contributed by atoms with Crippen molar-refractivity contribution in [3.63, 3.8) is 0 Å². The van der Waals surface area contributed by atoms with Gasteiger partial charge in [0, 0.05) is 6.42 Å². The summed E-state index contributed by atoms with van der Waals surface area (Å²) in [6.07, 6.45) is 4.69. The summed E-state index contributed by atoms with van der Waals surface area (Å²) in [7, 11) is 0. The molecule has 114 valence electrons. The maximum absolute atomic E-state index is 11.9. The Balaban J connectivity index is 2.49. The summed E-state index contributed by atoms with van der Waals surface area (Å²) in [5.74, 6) is -1.62. The molecule has 0 bridgehead atoms. The van der Waals surface area contributed by atoms with Gasteiger partial charge in [0.05, 0.1) is 13.0 Å². The molecule has 0 atom stereocenters. The van der Waals surface area contributed by atoms with Crippen LogP contribution in [0.3, 0.4) is 0 Å². The highest BCUT2D eigenvalue weighted by Crippen LogP contribution is 2.42. The summed E-state index contributed by atoms with van der Waals surface area (Å²) in [6, 6.07) is 0. The Bertz CT molecular complexity index is 361. The lowest BCUT2D eigenvalue weighted by Gasteiger charge is -2.35. The molecule has 1 amide bonds. The van der Waals surface area contributed by atoms with Gasteiger partial charge in [-0.2, -0.15) is 0 Å². The molecule has 0 heterocycles. The fourth-order valence-corrected chi connectivity index (χ4v) is 2.82. The number of rotatable bonds is 7. The smallest absolute Gasteiger partial charge is 0.325 e. The molecule has 1 rings (SSSR count). The second-order valence-corrected chi connectivity index (χ2v) is 5.39. The van der Waals surface area contributed by atoms with Gasteiger partial charge in [-0.05, 0) is 25.2 Å². The minimum Gasteiger partial charge on any atom is -0.481 e. The average molecular weight is 285 g/mol. The SMILES string of the molecule is CCOC(=O)CNC(=O)CC1(CC(=O)O)CCCCC1. The van der Waals surface area contributed by atoms with E-state index in [2.05, 4.69) is 5.32 Å². The molecule has 6 nitrogen and oxygen atoms in total. The lowest BCUT2D eigenvalue weighted by molar-refractivity contribution is -0.145. The van der Waals surface area contributed by atoms with Crippen LogP contribution < -0.4 is 5.32 Å². The van der Waals surface area contributed by atoms with Gasteiger partial charge in [0.25, 0.3) is 0 Å². The van der Waals surface area contributed by atoms with Crippen LogP contribution in [0, 0.1) is 5.41 Å². The molecule has 1 aliphatic carbocycles. The fourth-order valence-electron chi connectivity index (χ4n) is 2.82. The van der Waals surface area contributed by atoms with Crippen LogP contribution in [0.15, 0.2) is 0 Å². The predicted molar refractivity (Wildman–Crippen MR) is 72.0 cm³/mol. The van der Waals surface area contributed by atoms with Crippen molar-refractivity contribution >= 4 is 17.8 Å². The van der Waals surface area contributed by atoms with E-state index in [1.807, 2.05) is 0 Å². The minimum absolute atomic E-state index is 0.0137. The van der Waals surface area contributed by atoms with Gasteiger partial charge in [0.1, 0.15) is 6.54 Å². The summed E-state index contributed by atoms with van der Waals surface area (Å²) in [6.45, 7) is 1.82. The molecular formula is C14H23NO5. The second kappa shape index (κ2) is 7.87. The van der Waals surface area contributed by atoms with Crippen LogP contribution in [0.5, 0.6) is 0 Å². The first-order chi connectivity index (χ1) is 9.47. The highest BCUT2D eigenvalue weighted by atomic mass is 16.5. The van der Waals surface area contributed by atoms with Crippen LogP contribution in [0.2, 0.25) is 0 Å². The summed E-state index contributed by atoms with van der Waals surface area (Å²) >= 11 is 0.